The topological polar surface area (TPSA) is 104 Å². The second kappa shape index (κ2) is 13.0. The third kappa shape index (κ3) is 12.2. The molecule has 1 atom stereocenters. The first-order chi connectivity index (χ1) is 12.6. The van der Waals surface area contributed by atoms with Crippen LogP contribution in [-0.2, 0) is 14.3 Å². The van der Waals surface area contributed by atoms with Crippen LogP contribution in [0.4, 0.5) is 4.79 Å². The van der Waals surface area contributed by atoms with E-state index in [0.29, 0.717) is 31.6 Å². The van der Waals surface area contributed by atoms with Gasteiger partial charge < -0.3 is 30.3 Å². The lowest BCUT2D eigenvalue weighted by molar-refractivity contribution is -0.127. The molecule has 1 unspecified atom stereocenters. The number of hydrogen-bond donors (Lipinski definition) is 3. The molecule has 1 aliphatic rings. The summed E-state index contributed by atoms with van der Waals surface area (Å²) in [4.78, 5) is 29.7. The summed E-state index contributed by atoms with van der Waals surface area (Å²) in [6.45, 7) is 7.13. The van der Waals surface area contributed by atoms with Crippen LogP contribution < -0.4 is 16.0 Å². The molecule has 1 fully saturated rings. The molecule has 1 aliphatic carbocycles. The number of nitrogens with one attached hydrogen (secondary N) is 3. The van der Waals surface area contributed by atoms with Gasteiger partial charge >= 0.3 is 6.09 Å². The van der Waals surface area contributed by atoms with E-state index < -0.39 is 11.7 Å². The molecule has 0 spiro atoms. The van der Waals surface area contributed by atoms with Gasteiger partial charge in [-0.1, -0.05) is 0 Å². The average Bonchev–Trinajstić information content (AvgIpc) is 3.38. The summed E-state index contributed by atoms with van der Waals surface area (Å²) >= 11 is 0. The van der Waals surface area contributed by atoms with Crippen molar-refractivity contribution in [3.8, 4) is 0 Å². The first-order valence-corrected chi connectivity index (χ1v) is 9.33. The number of ether oxygens (including phenoxy) is 2. The predicted molar refractivity (Wildman–Crippen MR) is 120 cm³/mol. The monoisotopic (exact) mass is 513 g/mol. The minimum atomic E-state index is -0.535. The molecule has 10 heteroatoms. The number of guanidine groups is 1. The molecule has 0 aromatic carbocycles. The van der Waals surface area contributed by atoms with E-state index in [2.05, 4.69) is 20.9 Å². The Bertz CT molecular complexity index is 519. The molecule has 0 bridgehead atoms. The number of carbonyl (C=O) groups is 2. The predicted octanol–water partition coefficient (Wildman–Crippen LogP) is 1.18. The van der Waals surface area contributed by atoms with Crippen molar-refractivity contribution in [2.24, 2.45) is 10.9 Å². The van der Waals surface area contributed by atoms with Gasteiger partial charge in [-0.05, 0) is 39.5 Å². The summed E-state index contributed by atoms with van der Waals surface area (Å²) < 4.78 is 10.4. The fourth-order valence-electron chi connectivity index (χ4n) is 2.23. The van der Waals surface area contributed by atoms with Crippen LogP contribution in [0.3, 0.4) is 0 Å². The summed E-state index contributed by atoms with van der Waals surface area (Å²) in [6, 6.07) is -0.0566. The zero-order chi connectivity index (χ0) is 20.4. The summed E-state index contributed by atoms with van der Waals surface area (Å²) in [7, 11) is 5.00. The van der Waals surface area contributed by atoms with Gasteiger partial charge in [0.2, 0.25) is 5.91 Å². The molecule has 0 radical (unpaired) electrons. The van der Waals surface area contributed by atoms with Crippen molar-refractivity contribution < 1.29 is 19.1 Å². The molecule has 3 N–H and O–H groups in total. The lowest BCUT2D eigenvalue weighted by Gasteiger charge is -2.24. The van der Waals surface area contributed by atoms with Crippen molar-refractivity contribution in [2.45, 2.75) is 45.3 Å². The van der Waals surface area contributed by atoms with Gasteiger partial charge in [0.25, 0.3) is 0 Å². The number of alkyl carbamates (subject to hydrolysis) is 1. The summed E-state index contributed by atoms with van der Waals surface area (Å²) in [5.41, 5.74) is -0.535. The molecule has 1 rings (SSSR count). The van der Waals surface area contributed by atoms with E-state index in [9.17, 15) is 9.59 Å². The zero-order valence-electron chi connectivity index (χ0n) is 17.8. The molecule has 28 heavy (non-hydrogen) atoms. The molecule has 0 aromatic heterocycles. The molecule has 0 heterocycles. The Morgan fingerprint density at radius 2 is 1.86 bits per heavy atom. The maximum atomic E-state index is 12.1. The highest BCUT2D eigenvalue weighted by Gasteiger charge is 2.33. The van der Waals surface area contributed by atoms with Crippen molar-refractivity contribution in [1.82, 2.24) is 20.9 Å². The number of halogens is 1. The standard InChI is InChI=1S/C18H35N5O4.HI/c1-18(2,3)27-17(25)22-14(13-7-8-13)11-20-16(19-9-10-26-6)21-12-15(24)23(4)5;/h13-14H,7-12H2,1-6H3,(H,22,25)(H2,19,20,21);1H. The van der Waals surface area contributed by atoms with Gasteiger partial charge in [0.05, 0.1) is 12.6 Å². The van der Waals surface area contributed by atoms with E-state index in [1.165, 1.54) is 4.90 Å². The molecule has 0 aromatic rings. The fourth-order valence-corrected chi connectivity index (χ4v) is 2.23. The Hall–Kier alpha value is -1.30. The smallest absolute Gasteiger partial charge is 0.407 e. The van der Waals surface area contributed by atoms with Crippen LogP contribution in [0.1, 0.15) is 33.6 Å². The molecule has 0 saturated heterocycles. The van der Waals surface area contributed by atoms with Crippen molar-refractivity contribution in [3.05, 3.63) is 0 Å². The van der Waals surface area contributed by atoms with Gasteiger partial charge in [-0.25, -0.2) is 9.79 Å². The van der Waals surface area contributed by atoms with Gasteiger partial charge in [-0.2, -0.15) is 0 Å². The third-order valence-electron chi connectivity index (χ3n) is 3.85. The first kappa shape index (κ1) is 26.7. The number of amides is 2. The highest BCUT2D eigenvalue weighted by atomic mass is 127. The lowest BCUT2D eigenvalue weighted by Crippen LogP contribution is -2.49. The third-order valence-corrected chi connectivity index (χ3v) is 3.85. The Balaban J connectivity index is 0.00000729. The molecular weight excluding hydrogens is 477 g/mol. The Morgan fingerprint density at radius 1 is 1.21 bits per heavy atom. The van der Waals surface area contributed by atoms with E-state index in [1.54, 1.807) is 21.2 Å². The number of likely N-dealkylation sites (N-methyl/N-ethyl adjacent to an activating group) is 1. The van der Waals surface area contributed by atoms with Gasteiger partial charge in [0.1, 0.15) is 12.1 Å². The lowest BCUT2D eigenvalue weighted by atomic mass is 10.2. The SMILES string of the molecule is COCCNC(=NCC(=O)N(C)C)NCC(NC(=O)OC(C)(C)C)C1CC1.I. The molecular formula is C18H36IN5O4. The normalized spacial score (nSPS) is 15.1. The molecule has 9 nitrogen and oxygen atoms in total. The van der Waals surface area contributed by atoms with Crippen LogP contribution >= 0.6 is 24.0 Å². The molecule has 1 saturated carbocycles. The van der Waals surface area contributed by atoms with E-state index >= 15 is 0 Å². The zero-order valence-corrected chi connectivity index (χ0v) is 20.2. The van der Waals surface area contributed by atoms with Crippen LogP contribution in [-0.4, -0.2) is 81.9 Å². The van der Waals surface area contributed by atoms with Crippen LogP contribution in [0, 0.1) is 5.92 Å². The highest BCUT2D eigenvalue weighted by molar-refractivity contribution is 14.0. The van der Waals surface area contributed by atoms with E-state index in [0.717, 1.165) is 12.8 Å². The quantitative estimate of drug-likeness (QED) is 0.185. The van der Waals surface area contributed by atoms with E-state index in [4.69, 9.17) is 9.47 Å². The van der Waals surface area contributed by atoms with Crippen LogP contribution in [0.15, 0.2) is 4.99 Å². The van der Waals surface area contributed by atoms with Crippen LogP contribution in [0.25, 0.3) is 0 Å². The number of hydrogen-bond acceptors (Lipinski definition) is 5. The first-order valence-electron chi connectivity index (χ1n) is 9.33. The van der Waals surface area contributed by atoms with E-state index in [-0.39, 0.29) is 42.5 Å². The second-order valence-electron chi connectivity index (χ2n) is 7.84. The molecule has 164 valence electrons. The van der Waals surface area contributed by atoms with Crippen molar-refractivity contribution in [1.29, 1.82) is 0 Å². The number of aliphatic imine (C=N–C) groups is 1. The van der Waals surface area contributed by atoms with Gasteiger partial charge in [-0.15, -0.1) is 24.0 Å². The van der Waals surface area contributed by atoms with Crippen LogP contribution in [0.5, 0.6) is 0 Å². The Labute approximate surface area is 185 Å². The maximum absolute atomic E-state index is 12.1. The Morgan fingerprint density at radius 3 is 2.36 bits per heavy atom. The summed E-state index contributed by atoms with van der Waals surface area (Å²) in [5, 5.41) is 9.26. The largest absolute Gasteiger partial charge is 0.444 e. The van der Waals surface area contributed by atoms with Gasteiger partial charge in [0, 0.05) is 34.3 Å². The molecule has 2 amide bonds. The highest BCUT2D eigenvalue weighted by Crippen LogP contribution is 2.32. The van der Waals surface area contributed by atoms with Crippen molar-refractivity contribution >= 4 is 41.9 Å². The number of methoxy groups -OCH3 is 1. The van der Waals surface area contributed by atoms with Crippen molar-refractivity contribution in [2.75, 3.05) is 47.4 Å². The molecule has 0 aliphatic heterocycles. The van der Waals surface area contributed by atoms with E-state index in [1.807, 2.05) is 20.8 Å². The van der Waals surface area contributed by atoms with Crippen LogP contribution in [0.2, 0.25) is 0 Å². The summed E-state index contributed by atoms with van der Waals surface area (Å²) in [5.74, 6) is 0.848. The average molecular weight is 513 g/mol. The van der Waals surface area contributed by atoms with Gasteiger partial charge in [-0.3, -0.25) is 4.79 Å². The van der Waals surface area contributed by atoms with Gasteiger partial charge in [0.15, 0.2) is 5.96 Å². The Kier molecular flexibility index (Phi) is 12.4. The number of rotatable bonds is 9. The minimum absolute atomic E-state index is 0. The second-order valence-corrected chi connectivity index (χ2v) is 7.84. The fraction of sp³-hybridized carbons (Fsp3) is 0.833. The van der Waals surface area contributed by atoms with Crippen molar-refractivity contribution in [3.63, 3.8) is 0 Å². The summed E-state index contributed by atoms with van der Waals surface area (Å²) in [6.07, 6.45) is 1.73. The maximum Gasteiger partial charge on any atom is 0.407 e. The minimum Gasteiger partial charge on any atom is -0.444 e. The number of nitrogens with zero attached hydrogens (tertiary/aromatic N) is 2. The number of carbonyl (C=O) groups excluding carboxylic acids is 2.